The van der Waals surface area contributed by atoms with Crippen LogP contribution in [-0.4, -0.2) is 66.9 Å². The summed E-state index contributed by atoms with van der Waals surface area (Å²) in [6.07, 6.45) is 1.45. The van der Waals surface area contributed by atoms with Gasteiger partial charge in [-0.3, -0.25) is 4.79 Å². The van der Waals surface area contributed by atoms with Crippen molar-refractivity contribution in [1.82, 2.24) is 15.2 Å². The first-order valence-electron chi connectivity index (χ1n) is 10.4. The molecule has 7 nitrogen and oxygen atoms in total. The first-order valence-corrected chi connectivity index (χ1v) is 10.4. The first-order chi connectivity index (χ1) is 15.0. The fraction of sp³-hybridized carbons (Fsp3) is 0.417. The quantitative estimate of drug-likeness (QED) is 0.715. The highest BCUT2D eigenvalue weighted by Crippen LogP contribution is 2.26. The molecule has 164 valence electrons. The second kappa shape index (κ2) is 10.3. The Kier molecular flexibility index (Phi) is 7.50. The molecule has 3 atom stereocenters. The Bertz CT molecular complexity index is 982. The Morgan fingerprint density at radius 3 is 2.84 bits per heavy atom. The molecule has 0 saturated carbocycles. The van der Waals surface area contributed by atoms with E-state index in [0.29, 0.717) is 30.1 Å². The summed E-state index contributed by atoms with van der Waals surface area (Å²) in [4.78, 5) is 19.4. The van der Waals surface area contributed by atoms with Crippen molar-refractivity contribution in [2.75, 3.05) is 33.9 Å². The minimum atomic E-state index is -0.317. The van der Waals surface area contributed by atoms with Gasteiger partial charge in [-0.25, -0.2) is 4.98 Å². The van der Waals surface area contributed by atoms with Crippen molar-refractivity contribution < 1.29 is 19.4 Å². The molecule has 0 spiro atoms. The number of nitrogens with zero attached hydrogens (tertiary/aromatic N) is 2. The molecule has 0 aliphatic carbocycles. The lowest BCUT2D eigenvalue weighted by molar-refractivity contribution is 0.0404. The molecule has 0 saturated heterocycles. The van der Waals surface area contributed by atoms with Crippen LogP contribution >= 0.6 is 0 Å². The molecule has 1 amide bonds. The van der Waals surface area contributed by atoms with Crippen LogP contribution in [0.15, 0.2) is 36.5 Å². The fourth-order valence-corrected chi connectivity index (χ4v) is 3.46. The maximum atomic E-state index is 13.3. The molecule has 2 aromatic rings. The second-order valence-electron chi connectivity index (χ2n) is 7.74. The van der Waals surface area contributed by atoms with E-state index in [2.05, 4.69) is 22.1 Å². The van der Waals surface area contributed by atoms with Crippen LogP contribution in [0.5, 0.6) is 11.6 Å². The highest BCUT2D eigenvalue weighted by atomic mass is 16.5. The normalized spacial score (nSPS) is 19.3. The van der Waals surface area contributed by atoms with Gasteiger partial charge >= 0.3 is 0 Å². The number of carbonyl (C=O) groups is 1. The van der Waals surface area contributed by atoms with Crippen LogP contribution in [0.1, 0.15) is 35.3 Å². The zero-order chi connectivity index (χ0) is 22.4. The lowest BCUT2D eigenvalue weighted by atomic mass is 10.0. The minimum Gasteiger partial charge on any atom is -0.497 e. The van der Waals surface area contributed by atoms with Crippen LogP contribution in [-0.2, 0) is 0 Å². The third kappa shape index (κ3) is 5.35. The van der Waals surface area contributed by atoms with Crippen LogP contribution in [0.4, 0.5) is 0 Å². The average molecular weight is 424 g/mol. The number of aliphatic hydroxyl groups is 1. The summed E-state index contributed by atoms with van der Waals surface area (Å²) in [6, 6.07) is 8.85. The number of nitrogens with one attached hydrogen (secondary N) is 1. The number of amides is 1. The number of hydrogen-bond acceptors (Lipinski definition) is 6. The third-order valence-electron chi connectivity index (χ3n) is 5.35. The minimum absolute atomic E-state index is 0.0629. The smallest absolute Gasteiger partial charge is 0.259 e. The molecule has 0 unspecified atom stereocenters. The zero-order valence-corrected chi connectivity index (χ0v) is 18.4. The van der Waals surface area contributed by atoms with Gasteiger partial charge in [0.25, 0.3) is 5.91 Å². The predicted octanol–water partition coefficient (Wildman–Crippen LogP) is 1.93. The SMILES string of the molecule is CNC[C@H]1Oc2ncc(C#Cc3cccc(OC)c3)cc2C(=O)N([C@@H](C)CO)C[C@H]1C. The molecule has 0 radical (unpaired) electrons. The molecule has 7 heteroatoms. The van der Waals surface area contributed by atoms with Crippen LogP contribution in [0.3, 0.4) is 0 Å². The van der Waals surface area contributed by atoms with E-state index in [9.17, 15) is 9.90 Å². The molecule has 2 N–H and O–H groups in total. The lowest BCUT2D eigenvalue weighted by Crippen LogP contribution is -2.49. The predicted molar refractivity (Wildman–Crippen MR) is 118 cm³/mol. The third-order valence-corrected chi connectivity index (χ3v) is 5.35. The number of aliphatic hydroxyl groups excluding tert-OH is 1. The van der Waals surface area contributed by atoms with E-state index in [1.54, 1.807) is 24.3 Å². The average Bonchev–Trinajstić information content (AvgIpc) is 2.79. The number of rotatable bonds is 5. The van der Waals surface area contributed by atoms with Gasteiger partial charge < -0.3 is 24.8 Å². The van der Waals surface area contributed by atoms with Crippen LogP contribution < -0.4 is 14.8 Å². The van der Waals surface area contributed by atoms with Gasteiger partial charge in [-0.1, -0.05) is 24.8 Å². The van der Waals surface area contributed by atoms with Gasteiger partial charge in [0.05, 0.1) is 19.8 Å². The summed E-state index contributed by atoms with van der Waals surface area (Å²) in [5, 5.41) is 12.8. The topological polar surface area (TPSA) is 83.9 Å². The molecule has 1 aliphatic rings. The van der Waals surface area contributed by atoms with E-state index in [4.69, 9.17) is 9.47 Å². The summed E-state index contributed by atoms with van der Waals surface area (Å²) in [5.74, 6) is 7.01. The highest BCUT2D eigenvalue weighted by Gasteiger charge is 2.33. The number of fused-ring (bicyclic) bond motifs is 1. The molecular weight excluding hydrogens is 394 g/mol. The standard InChI is InChI=1S/C24H29N3O4/c1-16-14-27(17(2)15-28)24(29)21-11-19(12-26-23(21)31-22(16)13-25-3)9-8-18-6-5-7-20(10-18)30-4/h5-7,10-12,16-17,22,25,28H,13-15H2,1-4H3/t16-,17+,22-/m1/s1. The maximum absolute atomic E-state index is 13.3. The summed E-state index contributed by atoms with van der Waals surface area (Å²) >= 11 is 0. The molecule has 2 heterocycles. The van der Waals surface area contributed by atoms with E-state index < -0.39 is 0 Å². The number of methoxy groups -OCH3 is 1. The zero-order valence-electron chi connectivity index (χ0n) is 18.4. The largest absolute Gasteiger partial charge is 0.497 e. The number of likely N-dealkylation sites (N-methyl/N-ethyl adjacent to an activating group) is 1. The van der Waals surface area contributed by atoms with Gasteiger partial charge in [0.2, 0.25) is 5.88 Å². The van der Waals surface area contributed by atoms with E-state index in [1.807, 2.05) is 45.2 Å². The number of benzene rings is 1. The van der Waals surface area contributed by atoms with E-state index >= 15 is 0 Å². The van der Waals surface area contributed by atoms with Crippen LogP contribution in [0.2, 0.25) is 0 Å². The Morgan fingerprint density at radius 2 is 2.13 bits per heavy atom. The monoisotopic (exact) mass is 423 g/mol. The molecule has 1 aromatic carbocycles. The maximum Gasteiger partial charge on any atom is 0.259 e. The summed E-state index contributed by atoms with van der Waals surface area (Å²) in [7, 11) is 3.47. The molecule has 1 aromatic heterocycles. The Morgan fingerprint density at radius 1 is 1.35 bits per heavy atom. The van der Waals surface area contributed by atoms with E-state index in [-0.39, 0.29) is 30.6 Å². The number of ether oxygens (including phenoxy) is 2. The molecule has 3 rings (SSSR count). The van der Waals surface area contributed by atoms with Gasteiger partial charge in [0.1, 0.15) is 17.4 Å². The van der Waals surface area contributed by atoms with Crippen molar-refractivity contribution in [1.29, 1.82) is 0 Å². The molecule has 31 heavy (non-hydrogen) atoms. The number of aromatic nitrogens is 1. The second-order valence-corrected chi connectivity index (χ2v) is 7.74. The van der Waals surface area contributed by atoms with E-state index in [1.165, 1.54) is 0 Å². The summed E-state index contributed by atoms with van der Waals surface area (Å²) in [6.45, 7) is 4.85. The van der Waals surface area contributed by atoms with E-state index in [0.717, 1.165) is 11.3 Å². The van der Waals surface area contributed by atoms with Gasteiger partial charge in [-0.2, -0.15) is 0 Å². The number of hydrogen-bond donors (Lipinski definition) is 2. The van der Waals surface area contributed by atoms with Gasteiger partial charge in [0.15, 0.2) is 0 Å². The molecule has 0 fully saturated rings. The molecular formula is C24H29N3O4. The van der Waals surface area contributed by atoms with Crippen molar-refractivity contribution in [2.45, 2.75) is 26.0 Å². The van der Waals surface area contributed by atoms with Crippen molar-refractivity contribution in [3.8, 4) is 23.5 Å². The fourth-order valence-electron chi connectivity index (χ4n) is 3.46. The van der Waals surface area contributed by atoms with Gasteiger partial charge in [0, 0.05) is 36.3 Å². The molecule has 0 bridgehead atoms. The van der Waals surface area contributed by atoms with Crippen molar-refractivity contribution in [2.24, 2.45) is 5.92 Å². The van der Waals surface area contributed by atoms with Gasteiger partial charge in [-0.05, 0) is 38.2 Å². The van der Waals surface area contributed by atoms with Gasteiger partial charge in [-0.15, -0.1) is 0 Å². The van der Waals surface area contributed by atoms with Crippen LogP contribution in [0.25, 0.3) is 0 Å². The Labute approximate surface area is 183 Å². The summed E-state index contributed by atoms with van der Waals surface area (Å²) in [5.41, 5.74) is 1.76. The van der Waals surface area contributed by atoms with Crippen molar-refractivity contribution in [3.63, 3.8) is 0 Å². The number of carbonyl (C=O) groups excluding carboxylic acids is 1. The Balaban J connectivity index is 1.99. The lowest BCUT2D eigenvalue weighted by Gasteiger charge is -2.36. The Hall–Kier alpha value is -3.08. The molecule has 1 aliphatic heterocycles. The van der Waals surface area contributed by atoms with Crippen molar-refractivity contribution >= 4 is 5.91 Å². The van der Waals surface area contributed by atoms with Crippen molar-refractivity contribution in [3.05, 3.63) is 53.2 Å². The first kappa shape index (κ1) is 22.6. The summed E-state index contributed by atoms with van der Waals surface area (Å²) < 4.78 is 11.4. The number of pyridine rings is 1. The van der Waals surface area contributed by atoms with Crippen LogP contribution in [0, 0.1) is 17.8 Å². The highest BCUT2D eigenvalue weighted by molar-refractivity contribution is 5.97.